The quantitative estimate of drug-likeness (QED) is 0.727. The van der Waals surface area contributed by atoms with Gasteiger partial charge in [-0.3, -0.25) is 0 Å². The molecule has 0 heterocycles. The molecule has 0 aromatic heterocycles. The van der Waals surface area contributed by atoms with Crippen molar-refractivity contribution in [3.05, 3.63) is 22.7 Å². The molecular weight excluding hydrogens is 307 g/mol. The second kappa shape index (κ2) is 8.34. The van der Waals surface area contributed by atoms with Gasteiger partial charge in [-0.05, 0) is 19.0 Å². The second-order valence-electron chi connectivity index (χ2n) is 4.49. The third-order valence-corrected chi connectivity index (χ3v) is 2.91. The average Bonchev–Trinajstić information content (AvgIpc) is 2.39. The van der Waals surface area contributed by atoms with Gasteiger partial charge in [-0.1, -0.05) is 18.5 Å². The van der Waals surface area contributed by atoms with Gasteiger partial charge < -0.3 is 14.8 Å². The number of benzene rings is 1. The molecular formula is C14H19ClF3NO2. The van der Waals surface area contributed by atoms with E-state index in [-0.39, 0.29) is 0 Å². The van der Waals surface area contributed by atoms with Crippen molar-refractivity contribution in [1.29, 1.82) is 0 Å². The molecule has 0 aliphatic rings. The molecule has 1 aromatic rings. The minimum atomic E-state index is -4.25. The summed E-state index contributed by atoms with van der Waals surface area (Å²) >= 11 is 5.98. The van der Waals surface area contributed by atoms with E-state index in [0.29, 0.717) is 28.6 Å². The van der Waals surface area contributed by atoms with Crippen molar-refractivity contribution in [3.8, 4) is 11.5 Å². The van der Waals surface area contributed by atoms with Crippen LogP contribution in [-0.2, 0) is 6.54 Å². The van der Waals surface area contributed by atoms with Gasteiger partial charge in [0.25, 0.3) is 0 Å². The molecule has 3 nitrogen and oxygen atoms in total. The normalized spacial score (nSPS) is 11.5. The monoisotopic (exact) mass is 325 g/mol. The highest BCUT2D eigenvalue weighted by Crippen LogP contribution is 2.35. The molecule has 0 bridgehead atoms. The topological polar surface area (TPSA) is 30.5 Å². The van der Waals surface area contributed by atoms with Crippen LogP contribution >= 0.6 is 11.6 Å². The van der Waals surface area contributed by atoms with Crippen LogP contribution in [0.5, 0.6) is 11.5 Å². The smallest absolute Gasteiger partial charge is 0.392 e. The van der Waals surface area contributed by atoms with E-state index in [1.54, 1.807) is 6.07 Å². The summed E-state index contributed by atoms with van der Waals surface area (Å²) < 4.78 is 47.0. The van der Waals surface area contributed by atoms with E-state index in [1.165, 1.54) is 13.2 Å². The van der Waals surface area contributed by atoms with Crippen LogP contribution in [0.15, 0.2) is 12.1 Å². The van der Waals surface area contributed by atoms with E-state index in [9.17, 15) is 13.2 Å². The Morgan fingerprint density at radius 1 is 1.29 bits per heavy atom. The maximum Gasteiger partial charge on any atom is 0.392 e. The zero-order valence-corrected chi connectivity index (χ0v) is 12.8. The summed E-state index contributed by atoms with van der Waals surface area (Å²) in [6, 6.07) is 3.18. The molecule has 0 atom stereocenters. The lowest BCUT2D eigenvalue weighted by Gasteiger charge is -2.17. The first-order valence-corrected chi connectivity index (χ1v) is 7.02. The van der Waals surface area contributed by atoms with Gasteiger partial charge in [-0.15, -0.1) is 0 Å². The molecule has 0 spiro atoms. The van der Waals surface area contributed by atoms with Crippen molar-refractivity contribution in [2.45, 2.75) is 32.5 Å². The van der Waals surface area contributed by atoms with E-state index in [1.807, 2.05) is 6.92 Å². The van der Waals surface area contributed by atoms with Crippen molar-refractivity contribution in [2.75, 3.05) is 20.3 Å². The Morgan fingerprint density at radius 2 is 2.00 bits per heavy atom. The molecule has 0 aliphatic carbocycles. The molecule has 0 saturated carbocycles. The van der Waals surface area contributed by atoms with Gasteiger partial charge in [-0.25, -0.2) is 0 Å². The average molecular weight is 326 g/mol. The van der Waals surface area contributed by atoms with E-state index < -0.39 is 19.2 Å². The molecule has 120 valence electrons. The molecule has 1 N–H and O–H groups in total. The molecule has 0 saturated heterocycles. The lowest BCUT2D eigenvalue weighted by molar-refractivity contribution is -0.139. The summed E-state index contributed by atoms with van der Waals surface area (Å²) in [5, 5.41) is 3.61. The molecule has 1 aromatic carbocycles. The number of alkyl halides is 3. The highest BCUT2D eigenvalue weighted by molar-refractivity contribution is 6.30. The summed E-state index contributed by atoms with van der Waals surface area (Å²) in [5.41, 5.74) is 0.676. The minimum Gasteiger partial charge on any atom is -0.493 e. The Labute approximate surface area is 127 Å². The highest BCUT2D eigenvalue weighted by Gasteiger charge is 2.27. The Bertz CT molecular complexity index is 453. The van der Waals surface area contributed by atoms with Gasteiger partial charge in [-0.2, -0.15) is 13.2 Å². The van der Waals surface area contributed by atoms with Crippen molar-refractivity contribution >= 4 is 11.6 Å². The molecule has 1 rings (SSSR count). The number of rotatable bonds is 8. The Kier molecular flexibility index (Phi) is 7.11. The number of halogens is 4. The predicted octanol–water partition coefficient (Wildman–Crippen LogP) is 4.18. The first-order valence-electron chi connectivity index (χ1n) is 6.64. The molecule has 7 heteroatoms. The van der Waals surface area contributed by atoms with E-state index in [0.717, 1.165) is 13.0 Å². The maximum atomic E-state index is 12.2. The summed E-state index contributed by atoms with van der Waals surface area (Å²) in [6.45, 7) is 2.80. The SMILES string of the molecule is CCCNCc1cc(Cl)cc(OC)c1OCCC(F)(F)F. The summed E-state index contributed by atoms with van der Waals surface area (Å²) in [6.07, 6.45) is -4.32. The lowest BCUT2D eigenvalue weighted by atomic mass is 10.1. The first kappa shape index (κ1) is 17.9. The second-order valence-corrected chi connectivity index (χ2v) is 4.92. The van der Waals surface area contributed by atoms with Crippen LogP contribution in [0.4, 0.5) is 13.2 Å². The number of methoxy groups -OCH3 is 1. The number of ether oxygens (including phenoxy) is 2. The summed E-state index contributed by atoms with van der Waals surface area (Å²) in [7, 11) is 1.42. The van der Waals surface area contributed by atoms with Gasteiger partial charge in [0.05, 0.1) is 20.1 Å². The fraction of sp³-hybridized carbons (Fsp3) is 0.571. The fourth-order valence-electron chi connectivity index (χ4n) is 1.74. The molecule has 0 unspecified atom stereocenters. The third-order valence-electron chi connectivity index (χ3n) is 2.69. The van der Waals surface area contributed by atoms with Crippen molar-refractivity contribution in [1.82, 2.24) is 5.32 Å². The summed E-state index contributed by atoms with van der Waals surface area (Å²) in [5.74, 6) is 0.632. The standard InChI is InChI=1S/C14H19ClF3NO2/c1-3-5-19-9-10-7-11(15)8-12(20-2)13(10)21-6-4-14(16,17)18/h7-8,19H,3-6,9H2,1-2H3. The lowest BCUT2D eigenvalue weighted by Crippen LogP contribution is -2.17. The molecule has 0 fully saturated rings. The van der Waals surface area contributed by atoms with Crippen LogP contribution in [0.3, 0.4) is 0 Å². The van der Waals surface area contributed by atoms with Crippen LogP contribution < -0.4 is 14.8 Å². The number of hydrogen-bond donors (Lipinski definition) is 1. The number of hydrogen-bond acceptors (Lipinski definition) is 3. The third kappa shape index (κ3) is 6.44. The Hall–Kier alpha value is -1.14. The first-order chi connectivity index (χ1) is 9.87. The van der Waals surface area contributed by atoms with Gasteiger partial charge in [0.2, 0.25) is 0 Å². The van der Waals surface area contributed by atoms with Crippen LogP contribution in [0.1, 0.15) is 25.3 Å². The molecule has 0 aliphatic heterocycles. The van der Waals surface area contributed by atoms with Crippen molar-refractivity contribution < 1.29 is 22.6 Å². The van der Waals surface area contributed by atoms with Crippen molar-refractivity contribution in [3.63, 3.8) is 0 Å². The Morgan fingerprint density at radius 3 is 2.57 bits per heavy atom. The van der Waals surface area contributed by atoms with Crippen LogP contribution in [0.25, 0.3) is 0 Å². The Balaban J connectivity index is 2.85. The number of nitrogens with one attached hydrogen (secondary N) is 1. The van der Waals surface area contributed by atoms with Gasteiger partial charge >= 0.3 is 6.18 Å². The van der Waals surface area contributed by atoms with Crippen LogP contribution in [0, 0.1) is 0 Å². The van der Waals surface area contributed by atoms with E-state index >= 15 is 0 Å². The van der Waals surface area contributed by atoms with E-state index in [2.05, 4.69) is 5.32 Å². The zero-order chi connectivity index (χ0) is 15.9. The summed E-state index contributed by atoms with van der Waals surface area (Å²) in [4.78, 5) is 0. The molecule has 0 amide bonds. The van der Waals surface area contributed by atoms with Gasteiger partial charge in [0.1, 0.15) is 0 Å². The van der Waals surface area contributed by atoms with Crippen LogP contribution in [0.2, 0.25) is 5.02 Å². The van der Waals surface area contributed by atoms with Crippen molar-refractivity contribution in [2.24, 2.45) is 0 Å². The largest absolute Gasteiger partial charge is 0.493 e. The highest BCUT2D eigenvalue weighted by atomic mass is 35.5. The van der Waals surface area contributed by atoms with Gasteiger partial charge in [0.15, 0.2) is 11.5 Å². The predicted molar refractivity (Wildman–Crippen MR) is 76.2 cm³/mol. The zero-order valence-electron chi connectivity index (χ0n) is 12.0. The minimum absolute atomic E-state index is 0.301. The van der Waals surface area contributed by atoms with Crippen LogP contribution in [-0.4, -0.2) is 26.4 Å². The van der Waals surface area contributed by atoms with Gasteiger partial charge in [0, 0.05) is 23.2 Å². The molecule has 21 heavy (non-hydrogen) atoms. The molecule has 0 radical (unpaired) electrons. The van der Waals surface area contributed by atoms with E-state index in [4.69, 9.17) is 21.1 Å². The maximum absolute atomic E-state index is 12.2. The fourth-order valence-corrected chi connectivity index (χ4v) is 1.97.